The van der Waals surface area contributed by atoms with E-state index < -0.39 is 0 Å². The monoisotopic (exact) mass is 438 g/mol. The van der Waals surface area contributed by atoms with Crippen molar-refractivity contribution in [3.63, 3.8) is 0 Å². The molecule has 0 bridgehead atoms. The third-order valence-electron chi connectivity index (χ3n) is 4.84. The molecule has 0 spiro atoms. The van der Waals surface area contributed by atoms with Gasteiger partial charge in [0.15, 0.2) is 0 Å². The molecule has 0 saturated carbocycles. The van der Waals surface area contributed by atoms with E-state index in [1.807, 2.05) is 68.5 Å². The van der Waals surface area contributed by atoms with Crippen LogP contribution in [-0.4, -0.2) is 27.6 Å². The van der Waals surface area contributed by atoms with Crippen LogP contribution < -0.4 is 5.32 Å². The Morgan fingerprint density at radius 3 is 2.57 bits per heavy atom. The summed E-state index contributed by atoms with van der Waals surface area (Å²) in [4.78, 5) is 27.1. The number of hydrogen-bond donors (Lipinski definition) is 1. The van der Waals surface area contributed by atoms with Crippen molar-refractivity contribution >= 4 is 51.9 Å². The van der Waals surface area contributed by atoms with Crippen LogP contribution in [-0.2, 0) is 9.59 Å². The summed E-state index contributed by atoms with van der Waals surface area (Å²) >= 11 is 6.75. The molecule has 1 saturated heterocycles. The Labute approximate surface area is 187 Å². The molecule has 4 nitrogen and oxygen atoms in total. The molecule has 1 fully saturated rings. The number of carbonyl (C=O) groups is 2. The fourth-order valence-corrected chi connectivity index (χ4v) is 4.49. The van der Waals surface area contributed by atoms with Crippen LogP contribution in [0.4, 0.5) is 5.69 Å². The largest absolute Gasteiger partial charge is 0.326 e. The van der Waals surface area contributed by atoms with Crippen molar-refractivity contribution in [2.75, 3.05) is 11.9 Å². The van der Waals surface area contributed by atoms with Crippen molar-refractivity contribution in [2.45, 2.75) is 39.5 Å². The van der Waals surface area contributed by atoms with Gasteiger partial charge in [0.1, 0.15) is 4.32 Å². The van der Waals surface area contributed by atoms with Crippen LogP contribution in [0.1, 0.15) is 42.4 Å². The highest BCUT2D eigenvalue weighted by atomic mass is 32.2. The number of aryl methyl sites for hydroxylation is 2. The second-order valence-corrected chi connectivity index (χ2v) is 9.15. The summed E-state index contributed by atoms with van der Waals surface area (Å²) < 4.78 is 0.607. The van der Waals surface area contributed by atoms with Crippen molar-refractivity contribution in [1.82, 2.24) is 4.90 Å². The van der Waals surface area contributed by atoms with Crippen molar-refractivity contribution in [1.29, 1.82) is 0 Å². The first-order chi connectivity index (χ1) is 14.4. The van der Waals surface area contributed by atoms with Crippen LogP contribution in [0.5, 0.6) is 0 Å². The summed E-state index contributed by atoms with van der Waals surface area (Å²) in [6, 6.07) is 15.8. The van der Waals surface area contributed by atoms with E-state index in [9.17, 15) is 9.59 Å². The highest BCUT2D eigenvalue weighted by Gasteiger charge is 2.31. The molecule has 1 heterocycles. The Balaban J connectivity index is 1.41. The minimum Gasteiger partial charge on any atom is -0.326 e. The summed E-state index contributed by atoms with van der Waals surface area (Å²) in [7, 11) is 0. The molecular weight excluding hydrogens is 412 g/mol. The van der Waals surface area contributed by atoms with E-state index in [1.54, 1.807) is 4.90 Å². The van der Waals surface area contributed by atoms with Crippen molar-refractivity contribution < 1.29 is 9.59 Å². The Morgan fingerprint density at radius 1 is 1.07 bits per heavy atom. The van der Waals surface area contributed by atoms with E-state index in [1.165, 1.54) is 17.3 Å². The van der Waals surface area contributed by atoms with Crippen LogP contribution >= 0.6 is 24.0 Å². The SMILES string of the molecule is Cc1ccc(C=C2SC(=S)N(CCCCCC(=O)Nc3cccc(C)c3)C2=O)cc1. The Morgan fingerprint density at radius 2 is 1.83 bits per heavy atom. The molecule has 2 aromatic carbocycles. The van der Waals surface area contributed by atoms with Crippen molar-refractivity contribution in [3.05, 3.63) is 70.1 Å². The third-order valence-corrected chi connectivity index (χ3v) is 6.21. The van der Waals surface area contributed by atoms with Crippen LogP contribution in [0.2, 0.25) is 0 Å². The zero-order valence-corrected chi connectivity index (χ0v) is 18.9. The van der Waals surface area contributed by atoms with Crippen molar-refractivity contribution in [2.24, 2.45) is 0 Å². The van der Waals surface area contributed by atoms with E-state index >= 15 is 0 Å². The molecule has 30 heavy (non-hydrogen) atoms. The number of nitrogens with zero attached hydrogens (tertiary/aromatic N) is 1. The number of unbranched alkanes of at least 4 members (excludes halogenated alkanes) is 2. The minimum atomic E-state index is -0.0252. The van der Waals surface area contributed by atoms with Crippen LogP contribution in [0.3, 0.4) is 0 Å². The lowest BCUT2D eigenvalue weighted by molar-refractivity contribution is -0.122. The number of rotatable bonds is 8. The normalized spacial score (nSPS) is 15.1. The zero-order valence-electron chi connectivity index (χ0n) is 17.3. The lowest BCUT2D eigenvalue weighted by atomic mass is 10.1. The summed E-state index contributed by atoms with van der Waals surface area (Å²) in [5, 5.41) is 2.93. The van der Waals surface area contributed by atoms with Crippen LogP contribution in [0.15, 0.2) is 53.4 Å². The summed E-state index contributed by atoms with van der Waals surface area (Å²) in [5.41, 5.74) is 4.14. The van der Waals surface area contributed by atoms with Gasteiger partial charge in [-0.3, -0.25) is 14.5 Å². The number of carbonyl (C=O) groups excluding carboxylic acids is 2. The molecule has 0 aromatic heterocycles. The van der Waals surface area contributed by atoms with E-state index in [-0.39, 0.29) is 11.8 Å². The lowest BCUT2D eigenvalue weighted by Gasteiger charge is -2.14. The van der Waals surface area contributed by atoms with E-state index in [4.69, 9.17) is 12.2 Å². The molecule has 0 aliphatic carbocycles. The van der Waals surface area contributed by atoms with Gasteiger partial charge in [-0.15, -0.1) is 0 Å². The van der Waals surface area contributed by atoms with Gasteiger partial charge in [0.25, 0.3) is 5.91 Å². The van der Waals surface area contributed by atoms with Gasteiger partial charge < -0.3 is 5.32 Å². The highest BCUT2D eigenvalue weighted by molar-refractivity contribution is 8.26. The van der Waals surface area contributed by atoms with E-state index in [0.29, 0.717) is 22.2 Å². The van der Waals surface area contributed by atoms with Crippen molar-refractivity contribution in [3.8, 4) is 0 Å². The number of nitrogens with one attached hydrogen (secondary N) is 1. The summed E-state index contributed by atoms with van der Waals surface area (Å²) in [6.45, 7) is 4.63. The second-order valence-electron chi connectivity index (χ2n) is 7.47. The van der Waals surface area contributed by atoms with Gasteiger partial charge in [0.05, 0.1) is 4.91 Å². The maximum atomic E-state index is 12.7. The van der Waals surface area contributed by atoms with Gasteiger partial charge in [0.2, 0.25) is 5.91 Å². The molecule has 156 valence electrons. The Hall–Kier alpha value is -2.44. The number of hydrogen-bond acceptors (Lipinski definition) is 4. The minimum absolute atomic E-state index is 0.0206. The Kier molecular flexibility index (Phi) is 7.82. The maximum absolute atomic E-state index is 12.7. The average molecular weight is 439 g/mol. The number of anilines is 1. The molecule has 0 radical (unpaired) electrons. The molecule has 2 aromatic rings. The molecule has 1 aliphatic rings. The van der Waals surface area contributed by atoms with Gasteiger partial charge in [-0.05, 0) is 56.0 Å². The summed E-state index contributed by atoms with van der Waals surface area (Å²) in [6.07, 6.45) is 4.84. The first-order valence-corrected chi connectivity index (χ1v) is 11.3. The summed E-state index contributed by atoms with van der Waals surface area (Å²) in [5.74, 6) is -0.00462. The van der Waals surface area contributed by atoms with Gasteiger partial charge in [-0.2, -0.15) is 0 Å². The fourth-order valence-electron chi connectivity index (χ4n) is 3.19. The molecule has 1 aliphatic heterocycles. The molecule has 0 unspecified atom stereocenters. The predicted octanol–water partition coefficient (Wildman–Crippen LogP) is 5.70. The average Bonchev–Trinajstić information content (AvgIpc) is 2.96. The molecule has 1 N–H and O–H groups in total. The van der Waals surface area contributed by atoms with Gasteiger partial charge in [-0.1, -0.05) is 72.4 Å². The number of thioether (sulfide) groups is 1. The number of thiocarbonyl (C=S) groups is 1. The quantitative estimate of drug-likeness (QED) is 0.326. The predicted molar refractivity (Wildman–Crippen MR) is 129 cm³/mol. The van der Waals surface area contributed by atoms with Gasteiger partial charge in [0, 0.05) is 18.7 Å². The molecular formula is C24H26N2O2S2. The smallest absolute Gasteiger partial charge is 0.266 e. The molecule has 0 atom stereocenters. The zero-order chi connectivity index (χ0) is 21.5. The molecule has 2 amide bonds. The molecule has 3 rings (SSSR count). The molecule has 6 heteroatoms. The van der Waals surface area contributed by atoms with Gasteiger partial charge in [-0.25, -0.2) is 0 Å². The fraction of sp³-hybridized carbons (Fsp3) is 0.292. The Bertz CT molecular complexity index is 967. The number of amides is 2. The van der Waals surface area contributed by atoms with E-state index in [0.717, 1.165) is 36.1 Å². The second kappa shape index (κ2) is 10.5. The standard InChI is InChI=1S/C24H26N2O2S2/c1-17-10-12-19(13-11-17)16-21-23(28)26(24(29)30-21)14-5-3-4-9-22(27)25-20-8-6-7-18(2)15-20/h6-8,10-13,15-16H,3-5,9,14H2,1-2H3,(H,25,27). The number of benzene rings is 2. The lowest BCUT2D eigenvalue weighted by Crippen LogP contribution is -2.29. The van der Waals surface area contributed by atoms with Gasteiger partial charge >= 0.3 is 0 Å². The highest BCUT2D eigenvalue weighted by Crippen LogP contribution is 2.32. The topological polar surface area (TPSA) is 49.4 Å². The maximum Gasteiger partial charge on any atom is 0.266 e. The van der Waals surface area contributed by atoms with E-state index in [2.05, 4.69) is 5.32 Å². The first-order valence-electron chi connectivity index (χ1n) is 10.1. The first kappa shape index (κ1) is 22.2. The third kappa shape index (κ3) is 6.28. The van der Waals surface area contributed by atoms with Crippen LogP contribution in [0, 0.1) is 13.8 Å². The van der Waals surface area contributed by atoms with Crippen LogP contribution in [0.25, 0.3) is 6.08 Å².